The smallest absolute Gasteiger partial charge is 0.351 e. The summed E-state index contributed by atoms with van der Waals surface area (Å²) in [6, 6.07) is 13.2. The molecule has 0 amide bonds. The van der Waals surface area contributed by atoms with E-state index in [9.17, 15) is 9.59 Å². The zero-order chi connectivity index (χ0) is 21.4. The van der Waals surface area contributed by atoms with Crippen molar-refractivity contribution in [2.45, 2.75) is 20.3 Å². The van der Waals surface area contributed by atoms with Gasteiger partial charge < -0.3 is 9.15 Å². The molecule has 2 aromatic carbocycles. The molecule has 7 heteroatoms. The predicted molar refractivity (Wildman–Crippen MR) is 121 cm³/mol. The average Bonchev–Trinajstić information content (AvgIpc) is 3.06. The van der Waals surface area contributed by atoms with Gasteiger partial charge in [-0.25, -0.2) is 14.6 Å². The monoisotopic (exact) mass is 483 g/mol. The molecule has 5 nitrogen and oxygen atoms in total. The maximum Gasteiger partial charge on any atom is 0.351 e. The largest absolute Gasteiger partial charge is 0.465 e. The summed E-state index contributed by atoms with van der Waals surface area (Å²) in [5.41, 5.74) is 2.89. The molecule has 2 aromatic heterocycles. The van der Waals surface area contributed by atoms with Gasteiger partial charge in [0, 0.05) is 20.3 Å². The molecule has 4 aromatic rings. The van der Waals surface area contributed by atoms with Crippen LogP contribution in [-0.2, 0) is 11.2 Å². The number of benzene rings is 2. The summed E-state index contributed by atoms with van der Waals surface area (Å²) in [7, 11) is 1.26. The van der Waals surface area contributed by atoms with Crippen LogP contribution >= 0.6 is 27.3 Å². The van der Waals surface area contributed by atoms with Crippen molar-refractivity contribution >= 4 is 44.2 Å². The van der Waals surface area contributed by atoms with E-state index in [-0.39, 0.29) is 5.56 Å². The van der Waals surface area contributed by atoms with Crippen LogP contribution < -0.4 is 5.63 Å². The number of aryl methyl sites for hydroxylation is 2. The highest BCUT2D eigenvalue weighted by Crippen LogP contribution is 2.40. The number of aromatic nitrogens is 1. The van der Waals surface area contributed by atoms with Gasteiger partial charge in [-0.15, -0.1) is 11.3 Å². The van der Waals surface area contributed by atoms with Crippen LogP contribution in [0, 0.1) is 13.8 Å². The minimum Gasteiger partial charge on any atom is -0.465 e. The fraction of sp³-hybridized carbons (Fsp3) is 0.174. The number of fused-ring (bicyclic) bond motifs is 1. The van der Waals surface area contributed by atoms with Crippen LogP contribution in [0.3, 0.4) is 0 Å². The summed E-state index contributed by atoms with van der Waals surface area (Å²) < 4.78 is 11.3. The summed E-state index contributed by atoms with van der Waals surface area (Å²) in [5.74, 6) is -0.714. The highest BCUT2D eigenvalue weighted by Gasteiger charge is 2.26. The van der Waals surface area contributed by atoms with Gasteiger partial charge in [-0.2, -0.15) is 0 Å². The molecule has 30 heavy (non-hydrogen) atoms. The van der Waals surface area contributed by atoms with E-state index in [0.717, 1.165) is 31.2 Å². The second-order valence-corrected chi connectivity index (χ2v) is 8.91. The average molecular weight is 484 g/mol. The SMILES string of the molecule is COC(=O)c1c(Cc2ccccc2)c2c(-c3nc(C)c(C)s3)c(Br)ccc2oc1=O. The van der Waals surface area contributed by atoms with E-state index in [1.54, 1.807) is 17.4 Å². The Bertz CT molecular complexity index is 1310. The van der Waals surface area contributed by atoms with E-state index < -0.39 is 11.6 Å². The van der Waals surface area contributed by atoms with Gasteiger partial charge in [-0.05, 0) is 43.5 Å². The molecule has 0 radical (unpaired) electrons. The quantitative estimate of drug-likeness (QED) is 0.276. The number of nitrogens with zero attached hydrogens (tertiary/aromatic N) is 1. The first kappa shape index (κ1) is 20.5. The lowest BCUT2D eigenvalue weighted by Crippen LogP contribution is -2.19. The first-order valence-electron chi connectivity index (χ1n) is 9.25. The van der Waals surface area contributed by atoms with E-state index >= 15 is 0 Å². The van der Waals surface area contributed by atoms with Gasteiger partial charge in [-0.1, -0.05) is 46.3 Å². The first-order valence-corrected chi connectivity index (χ1v) is 10.9. The zero-order valence-electron chi connectivity index (χ0n) is 16.6. The second kappa shape index (κ2) is 8.16. The van der Waals surface area contributed by atoms with Gasteiger partial charge in [0.1, 0.15) is 16.2 Å². The molecule has 0 aliphatic heterocycles. The van der Waals surface area contributed by atoms with Crippen molar-refractivity contribution < 1.29 is 13.9 Å². The molecule has 2 heterocycles. The molecule has 0 spiro atoms. The topological polar surface area (TPSA) is 69.4 Å². The van der Waals surface area contributed by atoms with E-state index in [4.69, 9.17) is 14.1 Å². The fourth-order valence-electron chi connectivity index (χ4n) is 3.42. The van der Waals surface area contributed by atoms with Crippen molar-refractivity contribution in [2.75, 3.05) is 7.11 Å². The highest BCUT2D eigenvalue weighted by molar-refractivity contribution is 9.10. The lowest BCUT2D eigenvalue weighted by molar-refractivity contribution is 0.0595. The van der Waals surface area contributed by atoms with Crippen molar-refractivity contribution in [3.63, 3.8) is 0 Å². The molecular formula is C23H18BrNO4S. The van der Waals surface area contributed by atoms with Crippen LogP contribution in [-0.4, -0.2) is 18.1 Å². The van der Waals surface area contributed by atoms with Crippen molar-refractivity contribution in [1.82, 2.24) is 4.98 Å². The number of carbonyl (C=O) groups is 1. The molecule has 0 aliphatic carbocycles. The number of carbonyl (C=O) groups excluding carboxylic acids is 1. The Kier molecular flexibility index (Phi) is 5.58. The molecule has 0 N–H and O–H groups in total. The normalized spacial score (nSPS) is 11.1. The number of hydrogen-bond donors (Lipinski definition) is 0. The van der Waals surface area contributed by atoms with Crippen molar-refractivity contribution in [1.29, 1.82) is 0 Å². The maximum atomic E-state index is 12.7. The minimum absolute atomic E-state index is 0.0850. The number of thiazole rings is 1. The standard InChI is InChI=1S/C23H18BrNO4S/c1-12-13(2)30-21(25-12)20-16(24)9-10-17-18(20)15(11-14-7-5-4-6-8-14)19(22(26)28-3)23(27)29-17/h4-10H,11H2,1-3H3. The van der Waals surface area contributed by atoms with Gasteiger partial charge in [-0.3, -0.25) is 0 Å². The molecule has 4 rings (SSSR count). The van der Waals surface area contributed by atoms with Crippen LogP contribution in [0.15, 0.2) is 56.1 Å². The van der Waals surface area contributed by atoms with Gasteiger partial charge in [0.05, 0.1) is 12.8 Å². The van der Waals surface area contributed by atoms with E-state index in [2.05, 4.69) is 15.9 Å². The molecule has 0 saturated heterocycles. The Hall–Kier alpha value is -2.77. The fourth-order valence-corrected chi connectivity index (χ4v) is 5.05. The summed E-state index contributed by atoms with van der Waals surface area (Å²) in [6.45, 7) is 3.97. The number of halogens is 1. The Morgan fingerprint density at radius 1 is 1.17 bits per heavy atom. The molecule has 0 bridgehead atoms. The number of ether oxygens (including phenoxy) is 1. The van der Waals surface area contributed by atoms with Gasteiger partial charge in [0.2, 0.25) is 0 Å². The van der Waals surface area contributed by atoms with Gasteiger partial charge >= 0.3 is 11.6 Å². The van der Waals surface area contributed by atoms with E-state index in [1.165, 1.54) is 7.11 Å². The number of esters is 1. The minimum atomic E-state index is -0.714. The van der Waals surface area contributed by atoms with Gasteiger partial charge in [0.25, 0.3) is 0 Å². The van der Waals surface area contributed by atoms with Crippen molar-refractivity contribution in [3.8, 4) is 10.6 Å². The third-order valence-corrected chi connectivity index (χ3v) is 6.73. The lowest BCUT2D eigenvalue weighted by atomic mass is 9.94. The molecule has 0 fully saturated rings. The number of methoxy groups -OCH3 is 1. The third-order valence-electron chi connectivity index (χ3n) is 4.98. The van der Waals surface area contributed by atoms with Crippen LogP contribution in [0.4, 0.5) is 0 Å². The zero-order valence-corrected chi connectivity index (χ0v) is 19.0. The van der Waals surface area contributed by atoms with Crippen LogP contribution in [0.25, 0.3) is 21.5 Å². The Morgan fingerprint density at radius 2 is 1.90 bits per heavy atom. The van der Waals surface area contributed by atoms with Crippen LogP contribution in [0.2, 0.25) is 0 Å². The molecule has 152 valence electrons. The molecule has 0 aliphatic rings. The van der Waals surface area contributed by atoms with Crippen LogP contribution in [0.5, 0.6) is 0 Å². The van der Waals surface area contributed by atoms with E-state index in [0.29, 0.717) is 23.0 Å². The van der Waals surface area contributed by atoms with Gasteiger partial charge in [0.15, 0.2) is 0 Å². The Labute approximate surface area is 185 Å². The Balaban J connectivity index is 2.13. The number of rotatable bonds is 4. The molecular weight excluding hydrogens is 466 g/mol. The second-order valence-electron chi connectivity index (χ2n) is 6.85. The highest BCUT2D eigenvalue weighted by atomic mass is 79.9. The Morgan fingerprint density at radius 3 is 2.53 bits per heavy atom. The van der Waals surface area contributed by atoms with E-state index in [1.807, 2.05) is 50.2 Å². The summed E-state index contributed by atoms with van der Waals surface area (Å²) in [4.78, 5) is 31.1. The lowest BCUT2D eigenvalue weighted by Gasteiger charge is -2.14. The summed E-state index contributed by atoms with van der Waals surface area (Å²) in [5, 5.41) is 1.48. The summed E-state index contributed by atoms with van der Waals surface area (Å²) in [6.07, 6.45) is 0.375. The summed E-state index contributed by atoms with van der Waals surface area (Å²) >= 11 is 5.19. The van der Waals surface area contributed by atoms with Crippen molar-refractivity contribution in [2.24, 2.45) is 0 Å². The van der Waals surface area contributed by atoms with Crippen molar-refractivity contribution in [3.05, 3.63) is 84.6 Å². The predicted octanol–water partition coefficient (Wildman–Crippen LogP) is 5.67. The third kappa shape index (κ3) is 3.59. The molecule has 0 atom stereocenters. The van der Waals surface area contributed by atoms with Crippen LogP contribution in [0.1, 0.15) is 32.1 Å². The molecule has 0 saturated carbocycles. The first-order chi connectivity index (χ1) is 14.4. The molecule has 0 unspecified atom stereocenters. The maximum absolute atomic E-state index is 12.7. The number of hydrogen-bond acceptors (Lipinski definition) is 6.